The lowest BCUT2D eigenvalue weighted by Gasteiger charge is -2.33. The van der Waals surface area contributed by atoms with Crippen LogP contribution in [0.2, 0.25) is 0 Å². The number of halogens is 2. The van der Waals surface area contributed by atoms with Crippen LogP contribution in [0.5, 0.6) is 0 Å². The van der Waals surface area contributed by atoms with Gasteiger partial charge < -0.3 is 19.8 Å². The van der Waals surface area contributed by atoms with E-state index in [1.54, 1.807) is 12.1 Å². The number of anilines is 3. The number of amides is 1. The Morgan fingerprint density at radius 3 is 2.42 bits per heavy atom. The standard InChI is InChI=1S/C21H18F2N4O4/c1-30-20(29)13-8-12(9-13)11-2-4-14(5-3-11)24-18(28)19-26-27-21(31-19)25-15-6-7-16(22)17(23)10-15/h2-7,10,12-13H,8-9H2,1H3,(H,24,28)(H,25,27). The SMILES string of the molecule is COC(=O)C1CC(c2ccc(NC(=O)c3nnc(Nc4ccc(F)c(F)c4)o3)cc2)C1. The van der Waals surface area contributed by atoms with Crippen molar-refractivity contribution in [3.8, 4) is 0 Å². The predicted molar refractivity (Wildman–Crippen MR) is 106 cm³/mol. The summed E-state index contributed by atoms with van der Waals surface area (Å²) < 4.78 is 36.2. The van der Waals surface area contributed by atoms with E-state index in [1.165, 1.54) is 13.2 Å². The van der Waals surface area contributed by atoms with Gasteiger partial charge >= 0.3 is 23.8 Å². The fourth-order valence-corrected chi connectivity index (χ4v) is 3.34. The third kappa shape index (κ3) is 4.52. The number of hydrogen-bond donors (Lipinski definition) is 2. The highest BCUT2D eigenvalue weighted by molar-refractivity contribution is 6.00. The van der Waals surface area contributed by atoms with E-state index in [1.807, 2.05) is 12.1 Å². The Morgan fingerprint density at radius 1 is 1.03 bits per heavy atom. The Hall–Kier alpha value is -3.82. The molecule has 1 aromatic heterocycles. The van der Waals surface area contributed by atoms with Gasteiger partial charge in [-0.15, -0.1) is 5.10 Å². The first kappa shape index (κ1) is 20.5. The molecule has 8 nitrogen and oxygen atoms in total. The maximum absolute atomic E-state index is 13.3. The summed E-state index contributed by atoms with van der Waals surface area (Å²) in [7, 11) is 1.39. The summed E-state index contributed by atoms with van der Waals surface area (Å²) in [6.07, 6.45) is 1.49. The van der Waals surface area contributed by atoms with Crippen molar-refractivity contribution in [3.63, 3.8) is 0 Å². The average Bonchev–Trinajstić information content (AvgIpc) is 3.19. The Labute approximate surface area is 175 Å². The van der Waals surface area contributed by atoms with Crippen molar-refractivity contribution in [2.75, 3.05) is 17.7 Å². The minimum absolute atomic E-state index is 0.0545. The summed E-state index contributed by atoms with van der Waals surface area (Å²) in [5.41, 5.74) is 1.80. The van der Waals surface area contributed by atoms with Crippen molar-refractivity contribution in [2.24, 2.45) is 5.92 Å². The Morgan fingerprint density at radius 2 is 1.74 bits per heavy atom. The van der Waals surface area contributed by atoms with E-state index in [4.69, 9.17) is 9.15 Å². The van der Waals surface area contributed by atoms with Gasteiger partial charge in [-0.3, -0.25) is 9.59 Å². The molecule has 1 fully saturated rings. The van der Waals surface area contributed by atoms with Gasteiger partial charge in [-0.1, -0.05) is 17.2 Å². The fourth-order valence-electron chi connectivity index (χ4n) is 3.34. The fraction of sp³-hybridized carbons (Fsp3) is 0.238. The van der Waals surface area contributed by atoms with E-state index in [0.29, 0.717) is 5.69 Å². The van der Waals surface area contributed by atoms with Gasteiger partial charge in [0, 0.05) is 17.4 Å². The molecule has 0 spiro atoms. The number of aromatic nitrogens is 2. The molecule has 1 aliphatic rings. The van der Waals surface area contributed by atoms with Gasteiger partial charge in [-0.25, -0.2) is 8.78 Å². The zero-order valence-electron chi connectivity index (χ0n) is 16.4. The second kappa shape index (κ2) is 8.50. The summed E-state index contributed by atoms with van der Waals surface area (Å²) >= 11 is 0. The van der Waals surface area contributed by atoms with E-state index < -0.39 is 17.5 Å². The molecule has 1 heterocycles. The van der Waals surface area contributed by atoms with Crippen LogP contribution in [0, 0.1) is 17.6 Å². The van der Waals surface area contributed by atoms with Crippen LogP contribution in [0.15, 0.2) is 46.9 Å². The number of carbonyl (C=O) groups is 2. The first-order chi connectivity index (χ1) is 14.9. The molecule has 1 saturated carbocycles. The highest BCUT2D eigenvalue weighted by atomic mass is 19.2. The number of nitrogens with zero attached hydrogens (tertiary/aromatic N) is 2. The molecule has 1 aliphatic carbocycles. The third-order valence-electron chi connectivity index (χ3n) is 5.10. The van der Waals surface area contributed by atoms with E-state index in [2.05, 4.69) is 20.8 Å². The van der Waals surface area contributed by atoms with Crippen LogP contribution in [-0.4, -0.2) is 29.2 Å². The zero-order valence-corrected chi connectivity index (χ0v) is 16.4. The molecule has 160 valence electrons. The molecule has 31 heavy (non-hydrogen) atoms. The number of benzene rings is 2. The largest absolute Gasteiger partial charge is 0.469 e. The number of rotatable bonds is 6. The molecule has 10 heteroatoms. The molecule has 0 atom stereocenters. The van der Waals surface area contributed by atoms with Crippen LogP contribution < -0.4 is 10.6 Å². The Bertz CT molecular complexity index is 1110. The van der Waals surface area contributed by atoms with Crippen LogP contribution in [0.25, 0.3) is 0 Å². The number of methoxy groups -OCH3 is 1. The smallest absolute Gasteiger partial charge is 0.320 e. The first-order valence-electron chi connectivity index (χ1n) is 9.47. The van der Waals surface area contributed by atoms with E-state index in [9.17, 15) is 18.4 Å². The molecule has 0 radical (unpaired) electrons. The second-order valence-corrected chi connectivity index (χ2v) is 7.13. The molecule has 0 saturated heterocycles. The third-order valence-corrected chi connectivity index (χ3v) is 5.10. The second-order valence-electron chi connectivity index (χ2n) is 7.13. The quantitative estimate of drug-likeness (QED) is 0.572. The first-order valence-corrected chi connectivity index (χ1v) is 9.47. The minimum atomic E-state index is -1.03. The van der Waals surface area contributed by atoms with Gasteiger partial charge in [0.05, 0.1) is 13.0 Å². The van der Waals surface area contributed by atoms with Crippen molar-refractivity contribution in [2.45, 2.75) is 18.8 Å². The van der Waals surface area contributed by atoms with Crippen LogP contribution >= 0.6 is 0 Å². The molecule has 0 aliphatic heterocycles. The van der Waals surface area contributed by atoms with Crippen LogP contribution in [0.4, 0.5) is 26.2 Å². The summed E-state index contributed by atoms with van der Waals surface area (Å²) in [6, 6.07) is 10.3. The number of hydrogen-bond acceptors (Lipinski definition) is 7. The monoisotopic (exact) mass is 428 g/mol. The lowest BCUT2D eigenvalue weighted by molar-refractivity contribution is -0.148. The van der Waals surface area contributed by atoms with Gasteiger partial charge in [0.15, 0.2) is 11.6 Å². The van der Waals surface area contributed by atoms with E-state index >= 15 is 0 Å². The highest BCUT2D eigenvalue weighted by Gasteiger charge is 2.35. The minimum Gasteiger partial charge on any atom is -0.469 e. The van der Waals surface area contributed by atoms with Gasteiger partial charge in [0.2, 0.25) is 0 Å². The molecular formula is C21H18F2N4O4. The molecule has 3 aromatic rings. The van der Waals surface area contributed by atoms with Gasteiger partial charge in [-0.05, 0) is 48.6 Å². The van der Waals surface area contributed by atoms with Crippen LogP contribution in [-0.2, 0) is 9.53 Å². The number of carbonyl (C=O) groups excluding carboxylic acids is 2. The predicted octanol–water partition coefficient (Wildman–Crippen LogP) is 4.01. The topological polar surface area (TPSA) is 106 Å². The average molecular weight is 428 g/mol. The molecule has 2 aromatic carbocycles. The normalized spacial score (nSPS) is 17.5. The number of nitrogens with one attached hydrogen (secondary N) is 2. The van der Waals surface area contributed by atoms with Gasteiger partial charge in [-0.2, -0.15) is 0 Å². The Kier molecular flexibility index (Phi) is 5.61. The number of esters is 1. The van der Waals surface area contributed by atoms with E-state index in [-0.39, 0.29) is 35.4 Å². The molecule has 1 amide bonds. The molecule has 0 unspecified atom stereocenters. The van der Waals surface area contributed by atoms with Crippen molar-refractivity contribution in [1.29, 1.82) is 0 Å². The lowest BCUT2D eigenvalue weighted by Crippen LogP contribution is -2.29. The Balaban J connectivity index is 1.33. The van der Waals surface area contributed by atoms with Crippen molar-refractivity contribution in [1.82, 2.24) is 10.2 Å². The number of ether oxygens (including phenoxy) is 1. The lowest BCUT2D eigenvalue weighted by atomic mass is 9.71. The zero-order chi connectivity index (χ0) is 22.0. The maximum atomic E-state index is 13.3. The van der Waals surface area contributed by atoms with Gasteiger partial charge in [0.1, 0.15) is 0 Å². The molecule has 4 rings (SSSR count). The summed E-state index contributed by atoms with van der Waals surface area (Å²) in [5.74, 6) is -2.88. The van der Waals surface area contributed by atoms with Crippen molar-refractivity contribution < 1.29 is 27.5 Å². The molecular weight excluding hydrogens is 410 g/mol. The maximum Gasteiger partial charge on any atom is 0.320 e. The van der Waals surface area contributed by atoms with Crippen LogP contribution in [0.1, 0.15) is 35.0 Å². The summed E-state index contributed by atoms with van der Waals surface area (Å²) in [4.78, 5) is 23.8. The molecule has 2 N–H and O–H groups in total. The van der Waals surface area contributed by atoms with Crippen molar-refractivity contribution >= 4 is 29.3 Å². The van der Waals surface area contributed by atoms with Crippen molar-refractivity contribution in [3.05, 3.63) is 65.6 Å². The summed E-state index contributed by atoms with van der Waals surface area (Å²) in [5, 5.41) is 12.6. The van der Waals surface area contributed by atoms with Crippen LogP contribution in [0.3, 0.4) is 0 Å². The highest BCUT2D eigenvalue weighted by Crippen LogP contribution is 2.42. The van der Waals surface area contributed by atoms with Gasteiger partial charge in [0.25, 0.3) is 0 Å². The summed E-state index contributed by atoms with van der Waals surface area (Å²) in [6.45, 7) is 0. The molecule has 0 bridgehead atoms. The van der Waals surface area contributed by atoms with E-state index in [0.717, 1.165) is 30.5 Å².